The highest BCUT2D eigenvalue weighted by Gasteiger charge is 1.98. The van der Waals surface area contributed by atoms with Crippen molar-refractivity contribution in [2.45, 2.75) is 6.54 Å². The minimum atomic E-state index is 0.581. The normalized spacial score (nSPS) is 10.3. The minimum absolute atomic E-state index is 0.581. The summed E-state index contributed by atoms with van der Waals surface area (Å²) in [5.74, 6) is 0. The van der Waals surface area contributed by atoms with Crippen molar-refractivity contribution in [1.29, 1.82) is 0 Å². The zero-order valence-corrected chi connectivity index (χ0v) is 8.61. The molecule has 0 aliphatic rings. The molecule has 0 aliphatic heterocycles. The number of nitrogens with two attached hydrogens (primary N) is 1. The molecule has 0 amide bonds. The Hall–Kier alpha value is -1.60. The number of hydrogen-bond acceptors (Lipinski definition) is 1. The monoisotopic (exact) mass is 196 g/mol. The van der Waals surface area contributed by atoms with Gasteiger partial charge in [0.1, 0.15) is 0 Å². The molecule has 2 aromatic rings. The maximum absolute atomic E-state index is 5.61. The molecule has 0 saturated carbocycles. The van der Waals surface area contributed by atoms with Crippen LogP contribution in [-0.2, 0) is 6.54 Å². The van der Waals surface area contributed by atoms with Crippen molar-refractivity contribution in [2.75, 3.05) is 0 Å². The summed E-state index contributed by atoms with van der Waals surface area (Å²) in [6, 6.07) is 16.5. The van der Waals surface area contributed by atoms with Gasteiger partial charge in [0, 0.05) is 6.54 Å². The molecule has 2 aromatic carbocycles. The highest BCUT2D eigenvalue weighted by atomic mass is 14.5. The van der Waals surface area contributed by atoms with Gasteiger partial charge in [-0.05, 0) is 35.2 Å². The van der Waals surface area contributed by atoms with Crippen LogP contribution < -0.4 is 5.73 Å². The van der Waals surface area contributed by atoms with Crippen molar-refractivity contribution in [2.24, 2.45) is 5.73 Å². The van der Waals surface area contributed by atoms with Crippen LogP contribution in [0.15, 0.2) is 48.5 Å². The maximum atomic E-state index is 5.61. The summed E-state index contributed by atoms with van der Waals surface area (Å²) in [6.07, 6.45) is 0. The fourth-order valence-electron chi connectivity index (χ4n) is 1.63. The fraction of sp³-hybridized carbons (Fsp3) is 0.0714. The van der Waals surface area contributed by atoms with Gasteiger partial charge in [-0.1, -0.05) is 42.5 Å². The van der Waals surface area contributed by atoms with Gasteiger partial charge in [-0.3, -0.25) is 0 Å². The number of hydrogen-bond donors (Lipinski definition) is 1. The van der Waals surface area contributed by atoms with E-state index < -0.39 is 0 Å². The van der Waals surface area contributed by atoms with Crippen molar-refractivity contribution < 1.29 is 0 Å². The summed E-state index contributed by atoms with van der Waals surface area (Å²) in [4.78, 5) is 0. The third-order valence-electron chi connectivity index (χ3n) is 2.42. The van der Waals surface area contributed by atoms with E-state index in [1.807, 2.05) is 24.3 Å². The van der Waals surface area contributed by atoms with E-state index in [4.69, 9.17) is 5.73 Å². The number of rotatable bonds is 2. The van der Waals surface area contributed by atoms with Gasteiger partial charge in [0.15, 0.2) is 0 Å². The van der Waals surface area contributed by atoms with Gasteiger partial charge in [0.2, 0.25) is 0 Å². The summed E-state index contributed by atoms with van der Waals surface area (Å²) in [5.41, 5.74) is 10.2. The second-order valence-electron chi connectivity index (χ2n) is 3.60. The van der Waals surface area contributed by atoms with Crippen LogP contribution in [-0.4, -0.2) is 0 Å². The SMILES string of the molecule is [CH2]c1cccc(-c2cccc(CN)c2)c1. The number of benzene rings is 2. The van der Waals surface area contributed by atoms with Crippen molar-refractivity contribution >= 4 is 0 Å². The van der Waals surface area contributed by atoms with E-state index in [0.717, 1.165) is 11.1 Å². The lowest BCUT2D eigenvalue weighted by Gasteiger charge is -2.04. The van der Waals surface area contributed by atoms with Gasteiger partial charge in [-0.25, -0.2) is 0 Å². The third-order valence-corrected chi connectivity index (χ3v) is 2.42. The lowest BCUT2D eigenvalue weighted by atomic mass is 10.0. The second kappa shape index (κ2) is 4.28. The standard InChI is InChI=1S/C14H14N/c1-11-4-2-6-13(8-11)14-7-3-5-12(9-14)10-15/h2-9H,1,10,15H2. The molecule has 0 fully saturated rings. The van der Waals surface area contributed by atoms with E-state index in [-0.39, 0.29) is 0 Å². The van der Waals surface area contributed by atoms with Crippen LogP contribution in [0.3, 0.4) is 0 Å². The Morgan fingerprint density at radius 3 is 2.27 bits per heavy atom. The first-order chi connectivity index (χ1) is 7.29. The minimum Gasteiger partial charge on any atom is -0.326 e. The molecule has 1 radical (unpaired) electrons. The first-order valence-corrected chi connectivity index (χ1v) is 5.01. The Kier molecular flexibility index (Phi) is 2.84. The second-order valence-corrected chi connectivity index (χ2v) is 3.60. The Labute approximate surface area is 90.6 Å². The van der Waals surface area contributed by atoms with Crippen molar-refractivity contribution in [3.05, 3.63) is 66.6 Å². The van der Waals surface area contributed by atoms with Crippen LogP contribution in [0.1, 0.15) is 11.1 Å². The molecule has 2 N–H and O–H groups in total. The topological polar surface area (TPSA) is 26.0 Å². The van der Waals surface area contributed by atoms with E-state index in [0.29, 0.717) is 6.54 Å². The summed E-state index contributed by atoms with van der Waals surface area (Å²) in [5, 5.41) is 0. The van der Waals surface area contributed by atoms with Crippen molar-refractivity contribution in [1.82, 2.24) is 0 Å². The molecule has 0 aromatic heterocycles. The summed E-state index contributed by atoms with van der Waals surface area (Å²) < 4.78 is 0. The lowest BCUT2D eigenvalue weighted by Crippen LogP contribution is -1.95. The van der Waals surface area contributed by atoms with Gasteiger partial charge in [-0.15, -0.1) is 0 Å². The summed E-state index contributed by atoms with van der Waals surface area (Å²) in [6.45, 7) is 4.51. The molecular formula is C14H14N. The van der Waals surface area contributed by atoms with Gasteiger partial charge in [0.05, 0.1) is 0 Å². The predicted octanol–water partition coefficient (Wildman–Crippen LogP) is 2.99. The Morgan fingerprint density at radius 2 is 1.60 bits per heavy atom. The third kappa shape index (κ3) is 2.25. The smallest absolute Gasteiger partial charge is 0.0178 e. The Bertz CT molecular complexity index is 460. The summed E-state index contributed by atoms with van der Waals surface area (Å²) in [7, 11) is 0. The molecule has 15 heavy (non-hydrogen) atoms. The van der Waals surface area contributed by atoms with Crippen LogP contribution in [0.5, 0.6) is 0 Å². The molecular weight excluding hydrogens is 182 g/mol. The molecule has 0 spiro atoms. The zero-order chi connectivity index (χ0) is 10.7. The molecule has 0 saturated heterocycles. The molecule has 1 heteroatoms. The largest absolute Gasteiger partial charge is 0.326 e. The van der Waals surface area contributed by atoms with E-state index in [9.17, 15) is 0 Å². The molecule has 0 aliphatic carbocycles. The molecule has 0 heterocycles. The van der Waals surface area contributed by atoms with E-state index >= 15 is 0 Å². The highest BCUT2D eigenvalue weighted by Crippen LogP contribution is 2.21. The average Bonchev–Trinajstić information content (AvgIpc) is 2.29. The predicted molar refractivity (Wildman–Crippen MR) is 64.2 cm³/mol. The molecule has 2 rings (SSSR count). The van der Waals surface area contributed by atoms with Crippen molar-refractivity contribution in [3.8, 4) is 11.1 Å². The first kappa shape index (κ1) is 9.94. The lowest BCUT2D eigenvalue weighted by molar-refractivity contribution is 1.07. The van der Waals surface area contributed by atoms with Crippen LogP contribution in [0.2, 0.25) is 0 Å². The molecule has 0 unspecified atom stereocenters. The zero-order valence-electron chi connectivity index (χ0n) is 8.61. The summed E-state index contributed by atoms with van der Waals surface area (Å²) >= 11 is 0. The molecule has 1 nitrogen and oxygen atoms in total. The Morgan fingerprint density at radius 1 is 0.933 bits per heavy atom. The van der Waals surface area contributed by atoms with E-state index in [1.165, 1.54) is 11.1 Å². The van der Waals surface area contributed by atoms with Gasteiger partial charge in [0.25, 0.3) is 0 Å². The van der Waals surface area contributed by atoms with Crippen molar-refractivity contribution in [3.63, 3.8) is 0 Å². The highest BCUT2D eigenvalue weighted by molar-refractivity contribution is 5.65. The van der Waals surface area contributed by atoms with Gasteiger partial charge >= 0.3 is 0 Å². The van der Waals surface area contributed by atoms with E-state index in [1.54, 1.807) is 0 Å². The average molecular weight is 196 g/mol. The first-order valence-electron chi connectivity index (χ1n) is 5.01. The van der Waals surface area contributed by atoms with Crippen LogP contribution in [0.4, 0.5) is 0 Å². The molecule has 75 valence electrons. The van der Waals surface area contributed by atoms with Crippen LogP contribution in [0, 0.1) is 6.92 Å². The van der Waals surface area contributed by atoms with Gasteiger partial charge in [-0.2, -0.15) is 0 Å². The quantitative estimate of drug-likeness (QED) is 0.785. The molecule has 0 bridgehead atoms. The fourth-order valence-corrected chi connectivity index (χ4v) is 1.63. The van der Waals surface area contributed by atoms with Crippen LogP contribution >= 0.6 is 0 Å². The van der Waals surface area contributed by atoms with Gasteiger partial charge < -0.3 is 5.73 Å². The Balaban J connectivity index is 2.44. The van der Waals surface area contributed by atoms with E-state index in [2.05, 4.69) is 31.2 Å². The molecule has 0 atom stereocenters. The van der Waals surface area contributed by atoms with Crippen LogP contribution in [0.25, 0.3) is 11.1 Å². The maximum Gasteiger partial charge on any atom is 0.0178 e.